The summed E-state index contributed by atoms with van der Waals surface area (Å²) in [6.07, 6.45) is 2.11. The van der Waals surface area contributed by atoms with Gasteiger partial charge in [0.2, 0.25) is 0 Å². The Morgan fingerprint density at radius 3 is 2.66 bits per heavy atom. The highest BCUT2D eigenvalue weighted by Crippen LogP contribution is 2.24. The molecule has 0 spiro atoms. The number of hydrogen-bond acceptors (Lipinski definition) is 4. The average molecular weight is 469 g/mol. The largest absolute Gasteiger partial charge is 0.462 e. The predicted octanol–water partition coefficient (Wildman–Crippen LogP) is 4.74. The van der Waals surface area contributed by atoms with Crippen LogP contribution in [0, 0.1) is 6.92 Å². The third-order valence-corrected chi connectivity index (χ3v) is 5.20. The number of aromatic nitrogens is 1. The van der Waals surface area contributed by atoms with Crippen molar-refractivity contribution in [3.8, 4) is 0 Å². The minimum absolute atomic E-state index is 0.298. The molecule has 0 saturated heterocycles. The molecular formula is C24H25ClN4O2S. The molecule has 32 heavy (non-hydrogen) atoms. The topological polar surface area (TPSA) is 78.5 Å². The van der Waals surface area contributed by atoms with E-state index in [1.54, 1.807) is 13.1 Å². The number of hydrazone groups is 1. The highest BCUT2D eigenvalue weighted by atomic mass is 35.5. The van der Waals surface area contributed by atoms with E-state index in [1.165, 1.54) is 0 Å². The Hall–Kier alpha value is -3.16. The van der Waals surface area contributed by atoms with Gasteiger partial charge < -0.3 is 15.0 Å². The third-order valence-electron chi connectivity index (χ3n) is 4.73. The van der Waals surface area contributed by atoms with Crippen LogP contribution in [0.25, 0.3) is 0 Å². The van der Waals surface area contributed by atoms with E-state index in [2.05, 4.69) is 20.8 Å². The highest BCUT2D eigenvalue weighted by molar-refractivity contribution is 7.80. The molecule has 8 heteroatoms. The molecule has 0 unspecified atom stereocenters. The number of halogens is 1. The number of ether oxygens (including phenoxy) is 1. The Morgan fingerprint density at radius 1 is 1.19 bits per heavy atom. The Balaban J connectivity index is 1.76. The number of aryl methyl sites for hydroxylation is 1. The molecule has 0 aliphatic heterocycles. The van der Waals surface area contributed by atoms with Crippen molar-refractivity contribution in [3.05, 3.63) is 93.3 Å². The van der Waals surface area contributed by atoms with E-state index < -0.39 is 0 Å². The van der Waals surface area contributed by atoms with Crippen LogP contribution in [-0.2, 0) is 17.7 Å². The zero-order valence-electron chi connectivity index (χ0n) is 17.9. The first-order chi connectivity index (χ1) is 15.5. The zero-order valence-corrected chi connectivity index (χ0v) is 19.5. The van der Waals surface area contributed by atoms with Crippen molar-refractivity contribution in [3.63, 3.8) is 0 Å². The van der Waals surface area contributed by atoms with Crippen molar-refractivity contribution in [1.82, 2.24) is 15.7 Å². The summed E-state index contributed by atoms with van der Waals surface area (Å²) in [6, 6.07) is 17.5. The van der Waals surface area contributed by atoms with Crippen LogP contribution in [0.15, 0.2) is 59.7 Å². The molecule has 1 aromatic heterocycles. The van der Waals surface area contributed by atoms with Crippen molar-refractivity contribution in [2.24, 2.45) is 5.10 Å². The second-order valence-corrected chi connectivity index (χ2v) is 7.93. The summed E-state index contributed by atoms with van der Waals surface area (Å²) in [6.45, 7) is 4.51. The first-order valence-electron chi connectivity index (χ1n) is 10.2. The number of thiocarbonyl (C=S) groups is 1. The van der Waals surface area contributed by atoms with Crippen LogP contribution in [-0.4, -0.2) is 28.9 Å². The maximum Gasteiger partial charge on any atom is 0.340 e. The van der Waals surface area contributed by atoms with Gasteiger partial charge in [-0.1, -0.05) is 54.1 Å². The molecule has 0 amide bonds. The van der Waals surface area contributed by atoms with Gasteiger partial charge in [-0.25, -0.2) is 4.79 Å². The molecule has 3 N–H and O–H groups in total. The number of carbonyl (C=O) groups is 1. The molecule has 3 aromatic rings. The molecule has 1 heterocycles. The summed E-state index contributed by atoms with van der Waals surface area (Å²) in [4.78, 5) is 15.8. The number of nitrogens with zero attached hydrogens (tertiary/aromatic N) is 1. The molecule has 6 nitrogen and oxygen atoms in total. The first kappa shape index (κ1) is 23.5. The minimum atomic E-state index is -0.370. The molecule has 0 atom stereocenters. The van der Waals surface area contributed by atoms with E-state index in [-0.39, 0.29) is 5.97 Å². The zero-order chi connectivity index (χ0) is 22.9. The van der Waals surface area contributed by atoms with Gasteiger partial charge in [0.25, 0.3) is 0 Å². The molecule has 0 saturated carbocycles. The molecule has 0 bridgehead atoms. The fraction of sp³-hybridized carbons (Fsp3) is 0.208. The Kier molecular flexibility index (Phi) is 8.41. The average Bonchev–Trinajstić information content (AvgIpc) is 3.08. The number of carbonyl (C=O) groups excluding carboxylic acids is 1. The minimum Gasteiger partial charge on any atom is -0.462 e. The number of benzene rings is 2. The van der Waals surface area contributed by atoms with Crippen LogP contribution in [0.1, 0.15) is 45.4 Å². The highest BCUT2D eigenvalue weighted by Gasteiger charge is 2.21. The van der Waals surface area contributed by atoms with Gasteiger partial charge in [-0.05, 0) is 54.9 Å². The van der Waals surface area contributed by atoms with Crippen LogP contribution in [0.2, 0.25) is 5.02 Å². The summed E-state index contributed by atoms with van der Waals surface area (Å²) in [5.74, 6) is -0.370. The maximum atomic E-state index is 12.6. The molecule has 0 radical (unpaired) electrons. The number of H-pyrrole nitrogens is 1. The van der Waals surface area contributed by atoms with Crippen LogP contribution in [0.3, 0.4) is 0 Å². The van der Waals surface area contributed by atoms with Gasteiger partial charge in [-0.3, -0.25) is 5.43 Å². The van der Waals surface area contributed by atoms with Gasteiger partial charge >= 0.3 is 5.97 Å². The summed E-state index contributed by atoms with van der Waals surface area (Å²) in [5.41, 5.74) is 7.62. The second kappa shape index (κ2) is 11.5. The summed E-state index contributed by atoms with van der Waals surface area (Å²) in [7, 11) is 0. The van der Waals surface area contributed by atoms with Crippen LogP contribution in [0.5, 0.6) is 0 Å². The monoisotopic (exact) mass is 468 g/mol. The van der Waals surface area contributed by atoms with Gasteiger partial charge in [0.15, 0.2) is 5.11 Å². The summed E-state index contributed by atoms with van der Waals surface area (Å²) in [5, 5.41) is 8.39. The van der Waals surface area contributed by atoms with Crippen molar-refractivity contribution >= 4 is 41.1 Å². The SMILES string of the molecule is CCOC(=O)c1c(C)[nH]c(/C=N/NC(=S)NCc2ccccc2)c1Cc1cccc(Cl)c1. The van der Waals surface area contributed by atoms with E-state index in [1.807, 2.05) is 61.5 Å². The lowest BCUT2D eigenvalue weighted by Crippen LogP contribution is -2.31. The molecule has 0 aliphatic carbocycles. The lowest BCUT2D eigenvalue weighted by atomic mass is 10.0. The molecule has 0 fully saturated rings. The van der Waals surface area contributed by atoms with Crippen molar-refractivity contribution in [2.75, 3.05) is 6.61 Å². The number of aromatic amines is 1. The van der Waals surface area contributed by atoms with Gasteiger partial charge in [-0.15, -0.1) is 0 Å². The lowest BCUT2D eigenvalue weighted by molar-refractivity contribution is 0.0524. The van der Waals surface area contributed by atoms with Gasteiger partial charge in [0.1, 0.15) is 0 Å². The fourth-order valence-electron chi connectivity index (χ4n) is 3.30. The Morgan fingerprint density at radius 2 is 1.94 bits per heavy atom. The molecule has 2 aromatic carbocycles. The van der Waals surface area contributed by atoms with E-state index >= 15 is 0 Å². The Bertz CT molecular complexity index is 1110. The normalized spacial score (nSPS) is 10.8. The smallest absolute Gasteiger partial charge is 0.340 e. The third kappa shape index (κ3) is 6.42. The van der Waals surface area contributed by atoms with Gasteiger partial charge in [-0.2, -0.15) is 5.10 Å². The van der Waals surface area contributed by atoms with Crippen LogP contribution in [0.4, 0.5) is 0 Å². The van der Waals surface area contributed by atoms with Crippen LogP contribution >= 0.6 is 23.8 Å². The molecular weight excluding hydrogens is 444 g/mol. The van der Waals surface area contributed by atoms with E-state index in [4.69, 9.17) is 28.6 Å². The number of esters is 1. The summed E-state index contributed by atoms with van der Waals surface area (Å²) >= 11 is 11.4. The van der Waals surface area contributed by atoms with Gasteiger partial charge in [0.05, 0.1) is 24.1 Å². The fourth-order valence-corrected chi connectivity index (χ4v) is 3.64. The van der Waals surface area contributed by atoms with Gasteiger partial charge in [0, 0.05) is 23.7 Å². The van der Waals surface area contributed by atoms with E-state index in [0.717, 1.165) is 16.7 Å². The summed E-state index contributed by atoms with van der Waals surface area (Å²) < 4.78 is 5.26. The van der Waals surface area contributed by atoms with Crippen LogP contribution < -0.4 is 10.7 Å². The van der Waals surface area contributed by atoms with Crippen molar-refractivity contribution in [1.29, 1.82) is 0 Å². The standard InChI is InChI=1S/C24H25ClN4O2S/c1-3-31-23(30)22-16(2)28-21(20(22)13-18-10-7-11-19(25)12-18)15-27-29-24(32)26-14-17-8-5-4-6-9-17/h4-12,15,28H,3,13-14H2,1-2H3,(H2,26,29,32)/b27-15+. The van der Waals surface area contributed by atoms with Crippen molar-refractivity contribution in [2.45, 2.75) is 26.8 Å². The number of nitrogens with one attached hydrogen (secondary N) is 3. The first-order valence-corrected chi connectivity index (χ1v) is 11.0. The number of rotatable bonds is 8. The van der Waals surface area contributed by atoms with Crippen molar-refractivity contribution < 1.29 is 9.53 Å². The Labute approximate surface area is 198 Å². The lowest BCUT2D eigenvalue weighted by Gasteiger charge is -2.08. The number of hydrogen-bond donors (Lipinski definition) is 3. The second-order valence-electron chi connectivity index (χ2n) is 7.08. The maximum absolute atomic E-state index is 12.6. The molecule has 3 rings (SSSR count). The van der Waals surface area contributed by atoms with E-state index in [0.29, 0.717) is 46.7 Å². The molecule has 166 valence electrons. The van der Waals surface area contributed by atoms with E-state index in [9.17, 15) is 4.79 Å². The quantitative estimate of drug-likeness (QED) is 0.192. The predicted molar refractivity (Wildman–Crippen MR) is 132 cm³/mol. The molecule has 0 aliphatic rings.